The molecule has 390 valence electrons. The first-order chi connectivity index (χ1) is 34.8. The Morgan fingerprint density at radius 3 is 2.37 bits per heavy atom. The van der Waals surface area contributed by atoms with Crippen molar-refractivity contribution in [1.82, 2.24) is 45.5 Å². The summed E-state index contributed by atoms with van der Waals surface area (Å²) in [7, 11) is 0. The minimum Gasteiger partial charge on any atom is -0.482 e. The minimum atomic E-state index is -0.971. The molecule has 0 unspecified atom stereocenters. The van der Waals surface area contributed by atoms with E-state index in [2.05, 4.69) is 31.0 Å². The predicted molar refractivity (Wildman–Crippen MR) is 278 cm³/mol. The van der Waals surface area contributed by atoms with Crippen LogP contribution < -0.4 is 26.4 Å². The van der Waals surface area contributed by atoms with Gasteiger partial charge in [-0.05, 0) is 74.3 Å². The number of aromatic nitrogens is 4. The third kappa shape index (κ3) is 13.9. The zero-order valence-electron chi connectivity index (χ0n) is 41.6. The molecule has 5 heterocycles. The van der Waals surface area contributed by atoms with Gasteiger partial charge in [0.25, 0.3) is 0 Å². The van der Waals surface area contributed by atoms with Crippen LogP contribution in [0.25, 0.3) is 21.6 Å². The highest BCUT2D eigenvalue weighted by Gasteiger charge is 2.44. The summed E-state index contributed by atoms with van der Waals surface area (Å²) < 4.78 is 22.1. The molecule has 4 atom stereocenters. The van der Waals surface area contributed by atoms with E-state index in [0.29, 0.717) is 49.9 Å². The van der Waals surface area contributed by atoms with Gasteiger partial charge in [-0.2, -0.15) is 5.10 Å². The van der Waals surface area contributed by atoms with Crippen LogP contribution in [0.3, 0.4) is 0 Å². The molecule has 73 heavy (non-hydrogen) atoms. The number of aliphatic hydroxyl groups excluding tert-OH is 1. The number of nitrogen functional groups attached to an aromatic ring is 1. The topological polar surface area (TPSA) is 227 Å². The number of pyridine rings is 1. The Hall–Kier alpha value is -6.15. The molecule has 2 saturated heterocycles. The van der Waals surface area contributed by atoms with Crippen LogP contribution in [0.2, 0.25) is 10.0 Å². The van der Waals surface area contributed by atoms with Gasteiger partial charge in [0, 0.05) is 92.5 Å². The van der Waals surface area contributed by atoms with Crippen molar-refractivity contribution in [3.63, 3.8) is 0 Å². The van der Waals surface area contributed by atoms with Gasteiger partial charge in [0.1, 0.15) is 24.0 Å². The Kier molecular flexibility index (Phi) is 18.1. The summed E-state index contributed by atoms with van der Waals surface area (Å²) >= 11 is 14.1. The highest BCUT2D eigenvalue weighted by atomic mass is 35.5. The van der Waals surface area contributed by atoms with Crippen LogP contribution in [0.5, 0.6) is 5.75 Å². The molecule has 2 aromatic carbocycles. The summed E-state index contributed by atoms with van der Waals surface area (Å²) in [4.78, 5) is 79.3. The number of anilines is 1. The van der Waals surface area contributed by atoms with E-state index in [1.807, 2.05) is 67.7 Å². The van der Waals surface area contributed by atoms with Gasteiger partial charge >= 0.3 is 0 Å². The van der Waals surface area contributed by atoms with Gasteiger partial charge in [-0.25, -0.2) is 14.4 Å². The highest BCUT2D eigenvalue weighted by molar-refractivity contribution is 7.13. The molecular weight excluding hydrogens is 999 g/mol. The molecule has 2 fully saturated rings. The Labute approximate surface area is 438 Å². The molecular formula is C52H63Cl2FN10O7S. The van der Waals surface area contributed by atoms with Crippen molar-refractivity contribution in [1.29, 1.82) is 0 Å². The molecule has 3 aromatic heterocycles. The smallest absolute Gasteiger partial charge is 0.246 e. The number of thiazole rings is 1. The van der Waals surface area contributed by atoms with Crippen LogP contribution in [0, 0.1) is 18.2 Å². The van der Waals surface area contributed by atoms with E-state index in [1.54, 1.807) is 42.2 Å². The van der Waals surface area contributed by atoms with E-state index < -0.39 is 41.4 Å². The lowest BCUT2D eigenvalue weighted by Crippen LogP contribution is -2.57. The van der Waals surface area contributed by atoms with Crippen molar-refractivity contribution in [2.45, 2.75) is 123 Å². The second-order valence-corrected chi connectivity index (χ2v) is 21.3. The van der Waals surface area contributed by atoms with Crippen molar-refractivity contribution >= 4 is 69.9 Å². The maximum atomic E-state index is 14.2. The number of ether oxygens (including phenoxy) is 1. The number of nitrogens with one attached hydrogen (secondary N) is 3. The van der Waals surface area contributed by atoms with E-state index in [4.69, 9.17) is 33.7 Å². The molecule has 7 rings (SSSR count). The van der Waals surface area contributed by atoms with E-state index in [0.717, 1.165) is 27.3 Å². The minimum absolute atomic E-state index is 0.0258. The normalized spacial score (nSPS) is 17.0. The number of nitrogens with two attached hydrogens (primary N) is 1. The lowest BCUT2D eigenvalue weighted by atomic mass is 9.85. The maximum absolute atomic E-state index is 14.2. The van der Waals surface area contributed by atoms with Crippen molar-refractivity contribution in [2.75, 3.05) is 31.9 Å². The van der Waals surface area contributed by atoms with Gasteiger partial charge in [0.2, 0.25) is 29.5 Å². The molecule has 21 heteroatoms. The zero-order chi connectivity index (χ0) is 52.6. The third-order valence-corrected chi connectivity index (χ3v) is 14.9. The van der Waals surface area contributed by atoms with Gasteiger partial charge < -0.3 is 41.3 Å². The fourth-order valence-electron chi connectivity index (χ4n) is 9.08. The fraction of sp³-hybridized carbons (Fsp3) is 0.462. The number of aliphatic hydroxyl groups is 1. The van der Waals surface area contributed by atoms with E-state index in [-0.39, 0.29) is 96.6 Å². The van der Waals surface area contributed by atoms with Crippen LogP contribution in [-0.2, 0) is 30.5 Å². The van der Waals surface area contributed by atoms with E-state index in [9.17, 15) is 33.5 Å². The average Bonchev–Trinajstić information content (AvgIpc) is 4.13. The Balaban J connectivity index is 0.794. The lowest BCUT2D eigenvalue weighted by molar-refractivity contribution is -0.144. The van der Waals surface area contributed by atoms with Crippen molar-refractivity contribution in [3.05, 3.63) is 99.2 Å². The summed E-state index contributed by atoms with van der Waals surface area (Å²) in [6, 6.07) is 10.3. The molecule has 0 saturated carbocycles. The standard InChI is InChI=1S/C52H63Cl2FN10O7S/c1-30-47(73-29-60-30)33-13-11-32(12-14-33)24-59-50(70)40-23-37(66)28-64(40)51(71)48(52(3,4)5)62-43(68)9-7-19-57-42(67)8-6-10-44(69)63-20-17-36(18-21-63)65-27-35(26-61-65)34-22-41(49(56)58-25-34)72-31(2)45-38(53)15-16-39(55)46(45)54/h11-16,22,25-27,29,31,36-37,40,48,66H,6-10,17-21,23-24,28H2,1-5H3,(H2,56,58)(H,57,67)(H,59,70)(H,62,68)/t31-,37-,40+,48-/m1/s1. The molecule has 17 nitrogen and oxygen atoms in total. The van der Waals surface area contributed by atoms with Gasteiger partial charge in [0.05, 0.1) is 39.4 Å². The number of β-amino-alcohol motifs (C(OH)–C–C–N with tert-alkyl or cyclic N) is 1. The van der Waals surface area contributed by atoms with Gasteiger partial charge in [-0.1, -0.05) is 68.2 Å². The number of aryl methyl sites for hydroxylation is 1. The van der Waals surface area contributed by atoms with Crippen LogP contribution >= 0.6 is 34.5 Å². The second-order valence-electron chi connectivity index (χ2n) is 19.7. The zero-order valence-corrected chi connectivity index (χ0v) is 44.0. The fourth-order valence-corrected chi connectivity index (χ4v) is 10.6. The molecule has 5 aromatic rings. The van der Waals surface area contributed by atoms with Gasteiger partial charge in [-0.3, -0.25) is 28.7 Å². The van der Waals surface area contributed by atoms with Gasteiger partial charge in [0.15, 0.2) is 11.6 Å². The number of carbonyl (C=O) groups excluding carboxylic acids is 5. The van der Waals surface area contributed by atoms with Crippen LogP contribution in [0.1, 0.15) is 108 Å². The number of amides is 5. The Bertz CT molecular complexity index is 2780. The first kappa shape index (κ1) is 54.6. The number of rotatable bonds is 19. The van der Waals surface area contributed by atoms with Crippen molar-refractivity contribution in [2.24, 2.45) is 5.41 Å². The quantitative estimate of drug-likeness (QED) is 0.0400. The second kappa shape index (κ2) is 24.3. The van der Waals surface area contributed by atoms with Crippen LogP contribution in [0.4, 0.5) is 10.2 Å². The summed E-state index contributed by atoms with van der Waals surface area (Å²) in [5.74, 6) is -1.67. The number of benzene rings is 2. The summed E-state index contributed by atoms with van der Waals surface area (Å²) in [5.41, 5.74) is 11.9. The Morgan fingerprint density at radius 1 is 0.945 bits per heavy atom. The summed E-state index contributed by atoms with van der Waals surface area (Å²) in [6.45, 7) is 10.6. The van der Waals surface area contributed by atoms with Crippen LogP contribution in [0.15, 0.2) is 66.6 Å². The third-order valence-electron chi connectivity index (χ3n) is 13.2. The number of carbonyl (C=O) groups is 5. The number of hydrogen-bond donors (Lipinski definition) is 5. The van der Waals surface area contributed by atoms with E-state index >= 15 is 0 Å². The van der Waals surface area contributed by atoms with Crippen molar-refractivity contribution < 1.29 is 38.2 Å². The molecule has 5 amide bonds. The predicted octanol–water partition coefficient (Wildman–Crippen LogP) is 7.58. The Morgan fingerprint density at radius 2 is 1.67 bits per heavy atom. The molecule has 0 bridgehead atoms. The molecule has 2 aliphatic rings. The van der Waals surface area contributed by atoms with E-state index in [1.165, 1.54) is 17.0 Å². The molecule has 0 radical (unpaired) electrons. The first-order valence-corrected chi connectivity index (χ1v) is 26.1. The maximum Gasteiger partial charge on any atom is 0.246 e. The van der Waals surface area contributed by atoms with Crippen molar-refractivity contribution in [3.8, 4) is 27.3 Å². The average molecular weight is 1060 g/mol. The highest BCUT2D eigenvalue weighted by Crippen LogP contribution is 2.38. The molecule has 0 spiro atoms. The molecule has 0 aliphatic carbocycles. The van der Waals surface area contributed by atoms with Gasteiger partial charge in [-0.15, -0.1) is 11.3 Å². The molecule has 2 aliphatic heterocycles. The SMILES string of the molecule is Cc1ncsc1-c1ccc(CNC(=O)[C@@H]2C[C@@H](O)CN2C(=O)[C@@H](NC(=O)CCCNC(=O)CCCC(=O)N2CCC(n3cc(-c4cnc(N)c(O[C@H](C)c5c(Cl)ccc(F)c5Cl)c4)cn3)CC2)C(C)(C)C)cc1. The number of nitrogens with zero attached hydrogens (tertiary/aromatic N) is 6. The lowest BCUT2D eigenvalue weighted by Gasteiger charge is -2.35. The number of likely N-dealkylation sites (tertiary alicyclic amines) is 2. The number of halogens is 3. The monoisotopic (exact) mass is 1060 g/mol. The molecule has 6 N–H and O–H groups in total. The summed E-state index contributed by atoms with van der Waals surface area (Å²) in [6.07, 6.45) is 6.19. The van der Waals surface area contributed by atoms with Crippen LogP contribution in [-0.4, -0.2) is 109 Å². The largest absolute Gasteiger partial charge is 0.482 e. The number of hydrogen-bond acceptors (Lipinski definition) is 12. The number of piperidine rings is 1. The summed E-state index contributed by atoms with van der Waals surface area (Å²) in [5, 5.41) is 23.9. The first-order valence-electron chi connectivity index (χ1n) is 24.5.